The summed E-state index contributed by atoms with van der Waals surface area (Å²) in [5.74, 6) is 0.110. The molecule has 1 N–H and O–H groups in total. The second kappa shape index (κ2) is 7.59. The average Bonchev–Trinajstić information content (AvgIpc) is 2.46. The Labute approximate surface area is 117 Å². The van der Waals surface area contributed by atoms with Crippen LogP contribution in [-0.4, -0.2) is 46.3 Å². The molecule has 0 saturated carbocycles. The third-order valence-corrected chi connectivity index (χ3v) is 3.14. The van der Waals surface area contributed by atoms with E-state index in [1.54, 1.807) is 4.90 Å². The Morgan fingerprint density at radius 3 is 2.55 bits per heavy atom. The van der Waals surface area contributed by atoms with Crippen LogP contribution in [-0.2, 0) is 0 Å². The highest BCUT2D eigenvalue weighted by molar-refractivity contribution is 5.63. The van der Waals surface area contributed by atoms with E-state index in [-0.39, 0.29) is 36.6 Å². The summed E-state index contributed by atoms with van der Waals surface area (Å²) in [6.07, 6.45) is 2.81. The molecule has 0 aliphatic rings. The number of hydrogen-bond acceptors (Lipinski definition) is 7. The van der Waals surface area contributed by atoms with Gasteiger partial charge < -0.3 is 14.7 Å². The molecule has 0 saturated heterocycles. The van der Waals surface area contributed by atoms with Crippen LogP contribution >= 0.6 is 0 Å². The molecule has 8 heteroatoms. The summed E-state index contributed by atoms with van der Waals surface area (Å²) < 4.78 is 4.94. The Hall–Kier alpha value is -1.96. The molecule has 1 aromatic heterocycles. The lowest BCUT2D eigenvalue weighted by Crippen LogP contribution is -2.38. The third kappa shape index (κ3) is 3.32. The van der Waals surface area contributed by atoms with Crippen LogP contribution in [0.2, 0.25) is 0 Å². The van der Waals surface area contributed by atoms with Crippen molar-refractivity contribution in [3.8, 4) is 5.88 Å². The number of nitro groups is 1. The first-order valence-corrected chi connectivity index (χ1v) is 6.51. The fourth-order valence-electron chi connectivity index (χ4n) is 2.17. The van der Waals surface area contributed by atoms with Crippen molar-refractivity contribution < 1.29 is 14.8 Å². The quantitative estimate of drug-likeness (QED) is 0.568. The predicted octanol–water partition coefficient (Wildman–Crippen LogP) is 1.38. The molecule has 112 valence electrons. The second-order valence-electron chi connectivity index (χ2n) is 4.20. The minimum Gasteiger partial charge on any atom is -0.476 e. The second-order valence-corrected chi connectivity index (χ2v) is 4.20. The van der Waals surface area contributed by atoms with E-state index in [1.807, 2.05) is 13.8 Å². The van der Waals surface area contributed by atoms with Crippen molar-refractivity contribution in [2.45, 2.75) is 32.7 Å². The number of hydrogen-bond donors (Lipinski definition) is 1. The molecule has 0 radical (unpaired) electrons. The van der Waals surface area contributed by atoms with E-state index in [2.05, 4.69) is 9.97 Å². The maximum atomic E-state index is 11.3. The molecule has 0 bridgehead atoms. The largest absolute Gasteiger partial charge is 0.476 e. The van der Waals surface area contributed by atoms with Gasteiger partial charge in [-0.3, -0.25) is 10.1 Å². The molecule has 0 amide bonds. The Bertz CT molecular complexity index is 451. The molecular formula is C12H20N4O4. The Morgan fingerprint density at radius 2 is 2.10 bits per heavy atom. The molecule has 8 nitrogen and oxygen atoms in total. The van der Waals surface area contributed by atoms with Gasteiger partial charge in [0.05, 0.1) is 18.6 Å². The monoisotopic (exact) mass is 284 g/mol. The number of aromatic nitrogens is 2. The number of ether oxygens (including phenoxy) is 1. The van der Waals surface area contributed by atoms with Crippen molar-refractivity contribution in [2.75, 3.05) is 25.2 Å². The van der Waals surface area contributed by atoms with Crippen molar-refractivity contribution in [1.82, 2.24) is 9.97 Å². The standard InChI is InChI=1S/C12H20N4O4/c1-4-9(5-2)15(6-7-17)11-10(16(18)19)12(20-3)14-8-13-11/h8-9,17H,4-7H2,1-3H3. The fourth-order valence-corrected chi connectivity index (χ4v) is 2.17. The van der Waals surface area contributed by atoms with Crippen LogP contribution in [0.3, 0.4) is 0 Å². The molecule has 0 aromatic carbocycles. The molecule has 0 atom stereocenters. The summed E-state index contributed by atoms with van der Waals surface area (Å²) in [7, 11) is 1.33. The minimum atomic E-state index is -0.555. The first-order valence-electron chi connectivity index (χ1n) is 6.51. The van der Waals surface area contributed by atoms with Crippen LogP contribution < -0.4 is 9.64 Å². The third-order valence-electron chi connectivity index (χ3n) is 3.14. The predicted molar refractivity (Wildman–Crippen MR) is 74.0 cm³/mol. The first-order chi connectivity index (χ1) is 9.60. The van der Waals surface area contributed by atoms with Gasteiger partial charge in [-0.1, -0.05) is 13.8 Å². The number of rotatable bonds is 8. The smallest absolute Gasteiger partial charge is 0.372 e. The Kier molecular flexibility index (Phi) is 6.10. The summed E-state index contributed by atoms with van der Waals surface area (Å²) in [5.41, 5.74) is -0.268. The van der Waals surface area contributed by atoms with Crippen LogP contribution in [0.4, 0.5) is 11.5 Å². The van der Waals surface area contributed by atoms with Gasteiger partial charge in [-0.25, -0.2) is 4.98 Å². The number of nitrogens with zero attached hydrogens (tertiary/aromatic N) is 4. The highest BCUT2D eigenvalue weighted by Crippen LogP contribution is 2.34. The van der Waals surface area contributed by atoms with Gasteiger partial charge >= 0.3 is 5.69 Å². The first kappa shape index (κ1) is 16.1. The van der Waals surface area contributed by atoms with Crippen LogP contribution in [0.5, 0.6) is 5.88 Å². The van der Waals surface area contributed by atoms with Crippen molar-refractivity contribution in [1.29, 1.82) is 0 Å². The molecular weight excluding hydrogens is 264 g/mol. The van der Waals surface area contributed by atoms with Gasteiger partial charge in [-0.2, -0.15) is 4.98 Å². The number of aliphatic hydroxyl groups is 1. The lowest BCUT2D eigenvalue weighted by Gasteiger charge is -2.30. The van der Waals surface area contributed by atoms with Gasteiger partial charge in [0.1, 0.15) is 6.33 Å². The summed E-state index contributed by atoms with van der Waals surface area (Å²) >= 11 is 0. The zero-order valence-corrected chi connectivity index (χ0v) is 11.9. The van der Waals surface area contributed by atoms with Crippen molar-refractivity contribution in [2.24, 2.45) is 0 Å². The summed E-state index contributed by atoms with van der Waals surface area (Å²) in [5, 5.41) is 20.5. The topological polar surface area (TPSA) is 102 Å². The van der Waals surface area contributed by atoms with Gasteiger partial charge in [0.25, 0.3) is 5.88 Å². The van der Waals surface area contributed by atoms with E-state index in [0.717, 1.165) is 12.8 Å². The van der Waals surface area contributed by atoms with Gasteiger partial charge in [-0.05, 0) is 12.8 Å². The van der Waals surface area contributed by atoms with Crippen LogP contribution in [0.1, 0.15) is 26.7 Å². The van der Waals surface area contributed by atoms with Crippen molar-refractivity contribution >= 4 is 11.5 Å². The summed E-state index contributed by atoms with van der Waals surface area (Å²) in [6.45, 7) is 4.14. The maximum Gasteiger partial charge on any atom is 0.372 e. The zero-order chi connectivity index (χ0) is 15.1. The van der Waals surface area contributed by atoms with E-state index in [1.165, 1.54) is 13.4 Å². The lowest BCUT2D eigenvalue weighted by atomic mass is 10.1. The number of methoxy groups -OCH3 is 1. The van der Waals surface area contributed by atoms with E-state index in [0.29, 0.717) is 0 Å². The SMILES string of the molecule is CCC(CC)N(CCO)c1ncnc(OC)c1[N+](=O)[O-]. The van der Waals surface area contributed by atoms with Crippen molar-refractivity contribution in [3.05, 3.63) is 16.4 Å². The number of anilines is 1. The highest BCUT2D eigenvalue weighted by Gasteiger charge is 2.30. The summed E-state index contributed by atoms with van der Waals surface area (Å²) in [6, 6.07) is 0.0560. The minimum absolute atomic E-state index is 0.0560. The summed E-state index contributed by atoms with van der Waals surface area (Å²) in [4.78, 5) is 20.2. The number of aliphatic hydroxyl groups excluding tert-OH is 1. The van der Waals surface area contributed by atoms with Gasteiger partial charge in [0, 0.05) is 12.6 Å². The molecule has 0 fully saturated rings. The van der Waals surface area contributed by atoms with E-state index in [9.17, 15) is 15.2 Å². The fraction of sp³-hybridized carbons (Fsp3) is 0.667. The molecule has 0 aliphatic heterocycles. The van der Waals surface area contributed by atoms with Gasteiger partial charge in [-0.15, -0.1) is 0 Å². The van der Waals surface area contributed by atoms with E-state index in [4.69, 9.17) is 4.74 Å². The van der Waals surface area contributed by atoms with E-state index >= 15 is 0 Å². The van der Waals surface area contributed by atoms with Gasteiger partial charge in [0.2, 0.25) is 5.82 Å². The van der Waals surface area contributed by atoms with Crippen LogP contribution in [0, 0.1) is 10.1 Å². The van der Waals surface area contributed by atoms with Crippen molar-refractivity contribution in [3.63, 3.8) is 0 Å². The average molecular weight is 284 g/mol. The molecule has 20 heavy (non-hydrogen) atoms. The van der Waals surface area contributed by atoms with E-state index < -0.39 is 4.92 Å². The van der Waals surface area contributed by atoms with Crippen LogP contribution in [0.15, 0.2) is 6.33 Å². The Morgan fingerprint density at radius 1 is 1.45 bits per heavy atom. The molecule has 0 unspecified atom stereocenters. The molecule has 1 aromatic rings. The highest BCUT2D eigenvalue weighted by atomic mass is 16.6. The lowest BCUT2D eigenvalue weighted by molar-refractivity contribution is -0.385. The maximum absolute atomic E-state index is 11.3. The Balaban J connectivity index is 3.35. The molecule has 0 spiro atoms. The molecule has 0 aliphatic carbocycles. The molecule has 1 rings (SSSR count). The molecule has 1 heterocycles. The van der Waals surface area contributed by atoms with Crippen LogP contribution in [0.25, 0.3) is 0 Å². The van der Waals surface area contributed by atoms with Gasteiger partial charge in [0.15, 0.2) is 0 Å². The normalized spacial score (nSPS) is 10.7. The zero-order valence-electron chi connectivity index (χ0n) is 11.9.